The normalized spacial score (nSPS) is 13.8. The molecule has 0 aliphatic heterocycles. The highest BCUT2D eigenvalue weighted by atomic mass is 35.7. The maximum atomic E-state index is 9.91. The lowest BCUT2D eigenvalue weighted by molar-refractivity contribution is 0.491. The Morgan fingerprint density at radius 1 is 0.941 bits per heavy atom. The first-order chi connectivity index (χ1) is 8.16. The molecule has 0 heterocycles. The summed E-state index contributed by atoms with van der Waals surface area (Å²) in [6.07, 6.45) is 0. The van der Waals surface area contributed by atoms with E-state index in [1.807, 2.05) is 24.3 Å². The topological polar surface area (TPSA) is 41.8 Å². The van der Waals surface area contributed by atoms with Crippen LogP contribution in [0.2, 0.25) is 0 Å². The minimum Gasteiger partial charge on any atom is -0.427 e. The molecule has 0 fully saturated rings. The molecule has 1 unspecified atom stereocenters. The highest BCUT2D eigenvalue weighted by Crippen LogP contribution is 2.53. The second-order valence-electron chi connectivity index (χ2n) is 3.31. The van der Waals surface area contributed by atoms with E-state index >= 15 is 0 Å². The molecule has 5 heteroatoms. The zero-order chi connectivity index (χ0) is 12.1. The van der Waals surface area contributed by atoms with Gasteiger partial charge in [-0.3, -0.25) is 0 Å². The van der Waals surface area contributed by atoms with E-state index in [1.165, 1.54) is 0 Å². The molecule has 1 N–H and O–H groups in total. The zero-order valence-corrected chi connectivity index (χ0v) is 10.6. The van der Waals surface area contributed by atoms with Crippen molar-refractivity contribution in [3.05, 3.63) is 60.7 Å². The van der Waals surface area contributed by atoms with Crippen LogP contribution in [-0.4, -0.2) is 4.89 Å². The number of nitrogens with zero attached hydrogens (tertiary/aromatic N) is 1. The Hall–Kier alpha value is -1.28. The third kappa shape index (κ3) is 3.90. The van der Waals surface area contributed by atoms with Gasteiger partial charge in [0.05, 0.1) is 5.69 Å². The summed E-state index contributed by atoms with van der Waals surface area (Å²) in [6.45, 7) is -3.29. The van der Waals surface area contributed by atoms with Gasteiger partial charge >= 0.3 is 6.86 Å². The lowest BCUT2D eigenvalue weighted by Gasteiger charge is -2.11. The number of hydrogen-bond donors (Lipinski definition) is 1. The predicted molar refractivity (Wildman–Crippen MR) is 70.6 cm³/mol. The molecule has 0 spiro atoms. The Morgan fingerprint density at radius 3 is 2.06 bits per heavy atom. The van der Waals surface area contributed by atoms with Crippen LogP contribution >= 0.6 is 18.1 Å². The van der Waals surface area contributed by atoms with E-state index in [9.17, 15) is 4.89 Å². The molecule has 0 bridgehead atoms. The van der Waals surface area contributed by atoms with E-state index in [0.717, 1.165) is 0 Å². The monoisotopic (exact) mass is 267 g/mol. The summed E-state index contributed by atoms with van der Waals surface area (Å²) < 4.78 is 9.27. The molecule has 0 radical (unpaired) electrons. The van der Waals surface area contributed by atoms with Crippen LogP contribution in [0, 0.1) is 0 Å². The Morgan fingerprint density at radius 2 is 1.47 bits per heavy atom. The van der Waals surface area contributed by atoms with Crippen LogP contribution in [0.3, 0.4) is 0 Å². The SMILES string of the molecule is OP(Cl)(=Nc1ccccc1)Oc1ccccc1. The van der Waals surface area contributed by atoms with Gasteiger partial charge < -0.3 is 9.42 Å². The molecule has 3 nitrogen and oxygen atoms in total. The number of benzene rings is 2. The van der Waals surface area contributed by atoms with E-state index in [2.05, 4.69) is 4.74 Å². The van der Waals surface area contributed by atoms with E-state index in [1.54, 1.807) is 36.4 Å². The van der Waals surface area contributed by atoms with Crippen molar-refractivity contribution < 1.29 is 9.42 Å². The highest BCUT2D eigenvalue weighted by molar-refractivity contribution is 7.83. The molecule has 0 aliphatic rings. The van der Waals surface area contributed by atoms with Gasteiger partial charge in [-0.25, -0.2) is 0 Å². The van der Waals surface area contributed by atoms with Gasteiger partial charge in [-0.05, 0) is 35.5 Å². The lowest BCUT2D eigenvalue weighted by Crippen LogP contribution is -1.85. The standard InChI is InChI=1S/C12H11ClNO2P/c13-17(15,14-11-7-3-1-4-8-11)16-12-9-5-2-6-10-12/h1-10,15H. The van der Waals surface area contributed by atoms with Crippen LogP contribution in [-0.2, 0) is 0 Å². The fourth-order valence-electron chi connectivity index (χ4n) is 1.27. The van der Waals surface area contributed by atoms with Crippen LogP contribution in [0.1, 0.15) is 0 Å². The molecule has 0 aromatic heterocycles. The molecule has 0 amide bonds. The highest BCUT2D eigenvalue weighted by Gasteiger charge is 2.14. The molecule has 0 aliphatic carbocycles. The molecular weight excluding hydrogens is 257 g/mol. The van der Waals surface area contributed by atoms with Crippen LogP contribution in [0.25, 0.3) is 0 Å². The van der Waals surface area contributed by atoms with E-state index in [4.69, 9.17) is 15.8 Å². The van der Waals surface area contributed by atoms with Gasteiger partial charge in [-0.1, -0.05) is 36.4 Å². The smallest absolute Gasteiger partial charge is 0.362 e. The summed E-state index contributed by atoms with van der Waals surface area (Å²) >= 11 is 5.88. The fraction of sp³-hybridized carbons (Fsp3) is 0. The number of para-hydroxylation sites is 1. The Balaban J connectivity index is 2.22. The van der Waals surface area contributed by atoms with Crippen LogP contribution in [0.5, 0.6) is 5.75 Å². The molecule has 2 rings (SSSR count). The van der Waals surface area contributed by atoms with Crippen LogP contribution < -0.4 is 4.52 Å². The maximum absolute atomic E-state index is 9.91. The summed E-state index contributed by atoms with van der Waals surface area (Å²) in [5.41, 5.74) is 0.592. The first kappa shape index (κ1) is 12.2. The molecule has 17 heavy (non-hydrogen) atoms. The summed E-state index contributed by atoms with van der Waals surface area (Å²) in [6, 6.07) is 17.9. The maximum Gasteiger partial charge on any atom is 0.362 e. The van der Waals surface area contributed by atoms with E-state index in [0.29, 0.717) is 11.4 Å². The van der Waals surface area contributed by atoms with Gasteiger partial charge in [-0.15, -0.1) is 0 Å². The molecule has 2 aromatic rings. The number of rotatable bonds is 3. The number of hydrogen-bond acceptors (Lipinski definition) is 2. The number of halogens is 1. The van der Waals surface area contributed by atoms with Gasteiger partial charge in [0.25, 0.3) is 0 Å². The summed E-state index contributed by atoms with van der Waals surface area (Å²) in [5.74, 6) is 0.498. The average molecular weight is 268 g/mol. The summed E-state index contributed by atoms with van der Waals surface area (Å²) in [4.78, 5) is 9.91. The summed E-state index contributed by atoms with van der Waals surface area (Å²) in [7, 11) is 0. The van der Waals surface area contributed by atoms with Crippen molar-refractivity contribution in [2.45, 2.75) is 0 Å². The van der Waals surface area contributed by atoms with Crippen LogP contribution in [0.15, 0.2) is 65.4 Å². The third-order valence-electron chi connectivity index (χ3n) is 1.96. The van der Waals surface area contributed by atoms with Gasteiger partial charge in [-0.2, -0.15) is 4.74 Å². The molecule has 2 aromatic carbocycles. The average Bonchev–Trinajstić information content (AvgIpc) is 2.30. The Labute approximate surface area is 105 Å². The van der Waals surface area contributed by atoms with Crippen molar-refractivity contribution in [2.24, 2.45) is 4.74 Å². The first-order valence-electron chi connectivity index (χ1n) is 5.00. The van der Waals surface area contributed by atoms with Crippen LogP contribution in [0.4, 0.5) is 5.69 Å². The third-order valence-corrected chi connectivity index (χ3v) is 3.31. The van der Waals surface area contributed by atoms with Gasteiger partial charge in [0.15, 0.2) is 0 Å². The van der Waals surface area contributed by atoms with Gasteiger partial charge in [0.2, 0.25) is 0 Å². The molecule has 0 saturated heterocycles. The molecule has 88 valence electrons. The second-order valence-corrected chi connectivity index (χ2v) is 5.96. The van der Waals surface area contributed by atoms with Crippen molar-refractivity contribution in [3.8, 4) is 5.75 Å². The minimum absolute atomic E-state index is 0.498. The summed E-state index contributed by atoms with van der Waals surface area (Å²) in [5, 5.41) is 0. The van der Waals surface area contributed by atoms with Crippen molar-refractivity contribution >= 4 is 23.8 Å². The molecule has 0 saturated carbocycles. The lowest BCUT2D eigenvalue weighted by atomic mass is 10.3. The van der Waals surface area contributed by atoms with E-state index < -0.39 is 6.86 Å². The Bertz CT molecular complexity index is 525. The fourth-order valence-corrected chi connectivity index (χ4v) is 2.62. The van der Waals surface area contributed by atoms with Crippen molar-refractivity contribution in [2.75, 3.05) is 0 Å². The van der Waals surface area contributed by atoms with Crippen molar-refractivity contribution in [1.82, 2.24) is 0 Å². The quantitative estimate of drug-likeness (QED) is 0.828. The molecular formula is C12H11ClNO2P. The van der Waals surface area contributed by atoms with Gasteiger partial charge in [0, 0.05) is 0 Å². The second kappa shape index (κ2) is 5.37. The zero-order valence-electron chi connectivity index (χ0n) is 8.90. The van der Waals surface area contributed by atoms with Gasteiger partial charge in [0.1, 0.15) is 5.75 Å². The predicted octanol–water partition coefficient (Wildman–Crippen LogP) is 4.57. The molecule has 1 atom stereocenters. The minimum atomic E-state index is -3.29. The van der Waals surface area contributed by atoms with Crippen molar-refractivity contribution in [1.29, 1.82) is 0 Å². The first-order valence-corrected chi connectivity index (χ1v) is 7.52. The largest absolute Gasteiger partial charge is 0.427 e. The van der Waals surface area contributed by atoms with E-state index in [-0.39, 0.29) is 0 Å². The van der Waals surface area contributed by atoms with Crippen molar-refractivity contribution in [3.63, 3.8) is 0 Å². The Kier molecular flexibility index (Phi) is 3.85.